The number of benzene rings is 1. The highest BCUT2D eigenvalue weighted by Gasteiger charge is 2.30. The molecule has 0 spiro atoms. The Kier molecular flexibility index (Phi) is 6.03. The molecule has 2 heterocycles. The Bertz CT molecular complexity index is 819. The average molecular weight is 392 g/mol. The van der Waals surface area contributed by atoms with Gasteiger partial charge in [0, 0.05) is 18.7 Å². The third kappa shape index (κ3) is 4.90. The number of amides is 1. The average Bonchev–Trinajstić information content (AvgIpc) is 2.67. The smallest absolute Gasteiger partial charge is 0.368 e. The standard InChI is InChI=1S/C21H23F3N2O2/c1-14(2)20(27)26-8-9-28-19(13-26)18-7-6-16(12-25-18)10-15-4-3-5-17(11-15)21(22,23)24/h3-7,11-12,14,19H,8-10,13H2,1-2H3. The maximum Gasteiger partial charge on any atom is 0.416 e. The Morgan fingerprint density at radius 2 is 2.04 bits per heavy atom. The largest absolute Gasteiger partial charge is 0.416 e. The highest BCUT2D eigenvalue weighted by Crippen LogP contribution is 2.30. The summed E-state index contributed by atoms with van der Waals surface area (Å²) in [6.45, 7) is 5.22. The van der Waals surface area contributed by atoms with Gasteiger partial charge < -0.3 is 9.64 Å². The fourth-order valence-corrected chi connectivity index (χ4v) is 3.22. The first-order valence-electron chi connectivity index (χ1n) is 9.25. The minimum Gasteiger partial charge on any atom is -0.368 e. The second kappa shape index (κ2) is 8.31. The number of alkyl halides is 3. The van der Waals surface area contributed by atoms with Gasteiger partial charge in [-0.25, -0.2) is 0 Å². The molecule has 1 amide bonds. The number of pyridine rings is 1. The molecule has 0 bridgehead atoms. The van der Waals surface area contributed by atoms with Crippen molar-refractivity contribution in [2.75, 3.05) is 19.7 Å². The molecule has 4 nitrogen and oxygen atoms in total. The highest BCUT2D eigenvalue weighted by molar-refractivity contribution is 5.78. The van der Waals surface area contributed by atoms with E-state index in [-0.39, 0.29) is 17.9 Å². The summed E-state index contributed by atoms with van der Waals surface area (Å²) in [4.78, 5) is 18.4. The fourth-order valence-electron chi connectivity index (χ4n) is 3.22. The van der Waals surface area contributed by atoms with Crippen LogP contribution in [0.2, 0.25) is 0 Å². The highest BCUT2D eigenvalue weighted by atomic mass is 19.4. The van der Waals surface area contributed by atoms with E-state index in [9.17, 15) is 18.0 Å². The number of carbonyl (C=O) groups excluding carboxylic acids is 1. The number of hydrogen-bond acceptors (Lipinski definition) is 3. The van der Waals surface area contributed by atoms with Crippen LogP contribution in [0.3, 0.4) is 0 Å². The molecule has 1 aliphatic rings. The zero-order chi connectivity index (χ0) is 20.3. The summed E-state index contributed by atoms with van der Waals surface area (Å²) in [6.07, 6.45) is -2.63. The van der Waals surface area contributed by atoms with Crippen molar-refractivity contribution in [3.05, 3.63) is 65.0 Å². The molecular formula is C21H23F3N2O2. The quantitative estimate of drug-likeness (QED) is 0.781. The Labute approximate surface area is 162 Å². The first-order chi connectivity index (χ1) is 13.2. The van der Waals surface area contributed by atoms with Gasteiger partial charge in [0.05, 0.1) is 24.4 Å². The molecule has 1 aromatic carbocycles. The summed E-state index contributed by atoms with van der Waals surface area (Å²) in [5.41, 5.74) is 1.45. The lowest BCUT2D eigenvalue weighted by atomic mass is 10.0. The van der Waals surface area contributed by atoms with Crippen LogP contribution in [0.15, 0.2) is 42.6 Å². The molecule has 3 rings (SSSR count). The van der Waals surface area contributed by atoms with E-state index in [1.54, 1.807) is 17.2 Å². The molecule has 0 N–H and O–H groups in total. The lowest BCUT2D eigenvalue weighted by Gasteiger charge is -2.33. The minimum atomic E-state index is -4.35. The Morgan fingerprint density at radius 3 is 2.68 bits per heavy atom. The maximum atomic E-state index is 12.8. The van der Waals surface area contributed by atoms with Crippen LogP contribution in [0.25, 0.3) is 0 Å². The number of ether oxygens (including phenoxy) is 1. The van der Waals surface area contributed by atoms with E-state index in [1.165, 1.54) is 6.07 Å². The van der Waals surface area contributed by atoms with Crippen LogP contribution in [0, 0.1) is 5.92 Å². The summed E-state index contributed by atoms with van der Waals surface area (Å²) >= 11 is 0. The van der Waals surface area contributed by atoms with Gasteiger partial charge >= 0.3 is 6.18 Å². The van der Waals surface area contributed by atoms with E-state index in [4.69, 9.17) is 4.74 Å². The Hall–Kier alpha value is -2.41. The van der Waals surface area contributed by atoms with Gasteiger partial charge in [-0.05, 0) is 29.7 Å². The van der Waals surface area contributed by atoms with Crippen molar-refractivity contribution in [3.8, 4) is 0 Å². The normalized spacial score (nSPS) is 17.8. The molecule has 0 saturated carbocycles. The van der Waals surface area contributed by atoms with Crippen LogP contribution >= 0.6 is 0 Å². The number of halogens is 3. The lowest BCUT2D eigenvalue weighted by molar-refractivity contribution is -0.142. The van der Waals surface area contributed by atoms with Gasteiger partial charge in [-0.15, -0.1) is 0 Å². The van der Waals surface area contributed by atoms with E-state index in [1.807, 2.05) is 26.0 Å². The van der Waals surface area contributed by atoms with Crippen molar-refractivity contribution in [3.63, 3.8) is 0 Å². The number of morpholine rings is 1. The van der Waals surface area contributed by atoms with Crippen LogP contribution in [-0.2, 0) is 22.1 Å². The van der Waals surface area contributed by atoms with Crippen molar-refractivity contribution in [1.29, 1.82) is 0 Å². The Morgan fingerprint density at radius 1 is 1.25 bits per heavy atom. The van der Waals surface area contributed by atoms with E-state index >= 15 is 0 Å². The number of nitrogens with zero attached hydrogens (tertiary/aromatic N) is 2. The van der Waals surface area contributed by atoms with Gasteiger partial charge in [-0.1, -0.05) is 38.1 Å². The molecule has 1 aromatic heterocycles. The van der Waals surface area contributed by atoms with Gasteiger partial charge in [0.2, 0.25) is 5.91 Å². The van der Waals surface area contributed by atoms with Gasteiger partial charge in [-0.3, -0.25) is 9.78 Å². The molecule has 1 saturated heterocycles. The van der Waals surface area contributed by atoms with Crippen molar-refractivity contribution in [1.82, 2.24) is 9.88 Å². The fraction of sp³-hybridized carbons (Fsp3) is 0.429. The molecule has 28 heavy (non-hydrogen) atoms. The van der Waals surface area contributed by atoms with Crippen LogP contribution in [0.4, 0.5) is 13.2 Å². The van der Waals surface area contributed by atoms with Crippen LogP contribution in [-0.4, -0.2) is 35.5 Å². The lowest BCUT2D eigenvalue weighted by Crippen LogP contribution is -2.44. The maximum absolute atomic E-state index is 12.8. The predicted molar refractivity (Wildman–Crippen MR) is 98.6 cm³/mol. The van der Waals surface area contributed by atoms with E-state index in [2.05, 4.69) is 4.98 Å². The molecular weight excluding hydrogens is 369 g/mol. The molecule has 1 unspecified atom stereocenters. The van der Waals surface area contributed by atoms with Crippen LogP contribution < -0.4 is 0 Å². The zero-order valence-corrected chi connectivity index (χ0v) is 15.9. The number of carbonyl (C=O) groups is 1. The summed E-state index contributed by atoms with van der Waals surface area (Å²) in [5, 5.41) is 0. The molecule has 7 heteroatoms. The van der Waals surface area contributed by atoms with Gasteiger partial charge in [-0.2, -0.15) is 13.2 Å². The second-order valence-corrected chi connectivity index (χ2v) is 7.26. The van der Waals surface area contributed by atoms with Crippen LogP contribution in [0.5, 0.6) is 0 Å². The van der Waals surface area contributed by atoms with Crippen molar-refractivity contribution in [2.24, 2.45) is 5.92 Å². The third-order valence-corrected chi connectivity index (χ3v) is 4.71. The number of hydrogen-bond donors (Lipinski definition) is 0. The first kappa shape index (κ1) is 20.3. The van der Waals surface area contributed by atoms with Crippen molar-refractivity contribution < 1.29 is 22.7 Å². The van der Waals surface area contributed by atoms with E-state index in [0.717, 1.165) is 17.7 Å². The monoisotopic (exact) mass is 392 g/mol. The predicted octanol–water partition coefficient (Wildman–Crippen LogP) is 4.25. The topological polar surface area (TPSA) is 42.4 Å². The van der Waals surface area contributed by atoms with Gasteiger partial charge in [0.25, 0.3) is 0 Å². The molecule has 1 fully saturated rings. The summed E-state index contributed by atoms with van der Waals surface area (Å²) < 4.78 is 44.3. The van der Waals surface area contributed by atoms with Gasteiger partial charge in [0.15, 0.2) is 0 Å². The molecule has 1 atom stereocenters. The second-order valence-electron chi connectivity index (χ2n) is 7.26. The molecule has 1 aliphatic heterocycles. The molecule has 0 aliphatic carbocycles. The van der Waals surface area contributed by atoms with Crippen LogP contribution in [0.1, 0.15) is 42.3 Å². The van der Waals surface area contributed by atoms with E-state index in [0.29, 0.717) is 37.4 Å². The summed E-state index contributed by atoms with van der Waals surface area (Å²) in [5.74, 6) is 0.0241. The molecule has 0 radical (unpaired) electrons. The van der Waals surface area contributed by atoms with Crippen molar-refractivity contribution >= 4 is 5.91 Å². The van der Waals surface area contributed by atoms with E-state index < -0.39 is 11.7 Å². The SMILES string of the molecule is CC(C)C(=O)N1CCOC(c2ccc(Cc3cccc(C(F)(F)F)c3)cn2)C1. The number of aromatic nitrogens is 1. The Balaban J connectivity index is 1.68. The molecule has 150 valence electrons. The van der Waals surface area contributed by atoms with Crippen molar-refractivity contribution in [2.45, 2.75) is 32.5 Å². The minimum absolute atomic E-state index is 0.0680. The first-order valence-corrected chi connectivity index (χ1v) is 9.25. The zero-order valence-electron chi connectivity index (χ0n) is 15.9. The third-order valence-electron chi connectivity index (χ3n) is 4.71. The summed E-state index contributed by atoms with van der Waals surface area (Å²) in [6, 6.07) is 8.97. The summed E-state index contributed by atoms with van der Waals surface area (Å²) in [7, 11) is 0. The molecule has 2 aromatic rings. The number of rotatable bonds is 4. The van der Waals surface area contributed by atoms with Gasteiger partial charge in [0.1, 0.15) is 6.10 Å².